The molecule has 0 unspecified atom stereocenters. The summed E-state index contributed by atoms with van der Waals surface area (Å²) in [7, 11) is 0. The maximum Gasteiger partial charge on any atom is 0.250 e. The van der Waals surface area contributed by atoms with Crippen LogP contribution in [0.25, 0.3) is 6.08 Å². The summed E-state index contributed by atoms with van der Waals surface area (Å²) in [6.45, 7) is 4.38. The average molecular weight is 352 g/mol. The molecule has 25 heavy (non-hydrogen) atoms. The molecule has 0 aliphatic heterocycles. The van der Waals surface area contributed by atoms with E-state index < -0.39 is 0 Å². The molecule has 0 radical (unpaired) electrons. The van der Waals surface area contributed by atoms with E-state index in [1.807, 2.05) is 6.20 Å². The molecule has 1 amide bonds. The molecule has 1 N–H and O–H groups in total. The number of aromatic nitrogens is 1. The van der Waals surface area contributed by atoms with Gasteiger partial charge in [0, 0.05) is 23.6 Å². The lowest BCUT2D eigenvalue weighted by atomic mass is 10.0. The zero-order valence-corrected chi connectivity index (χ0v) is 15.0. The van der Waals surface area contributed by atoms with Crippen LogP contribution in [0.1, 0.15) is 41.5 Å². The molecule has 0 aliphatic rings. The lowest BCUT2D eigenvalue weighted by molar-refractivity contribution is -0.111. The molecular formula is C20H20N2O2S. The second-order valence-electron chi connectivity index (χ2n) is 6.04. The van der Waals surface area contributed by atoms with Crippen molar-refractivity contribution in [1.29, 1.82) is 0 Å². The van der Waals surface area contributed by atoms with Crippen molar-refractivity contribution in [2.75, 3.05) is 5.32 Å². The Bertz CT molecular complexity index is 846. The summed E-state index contributed by atoms with van der Waals surface area (Å²) in [4.78, 5) is 17.3. The van der Waals surface area contributed by atoms with Gasteiger partial charge in [0.25, 0.3) is 0 Å². The fourth-order valence-electron chi connectivity index (χ4n) is 2.36. The van der Waals surface area contributed by atoms with Gasteiger partial charge in [0.05, 0.1) is 6.26 Å². The van der Waals surface area contributed by atoms with Crippen LogP contribution in [-0.4, -0.2) is 10.9 Å². The Labute approximate surface area is 151 Å². The Morgan fingerprint density at radius 1 is 1.28 bits per heavy atom. The second kappa shape index (κ2) is 7.94. The normalized spacial score (nSPS) is 11.3. The maximum absolute atomic E-state index is 11.9. The Balaban J connectivity index is 1.57. The van der Waals surface area contributed by atoms with Gasteiger partial charge in [-0.05, 0) is 35.3 Å². The third kappa shape index (κ3) is 4.90. The lowest BCUT2D eigenvalue weighted by Crippen LogP contribution is -2.06. The second-order valence-corrected chi connectivity index (χ2v) is 7.16. The summed E-state index contributed by atoms with van der Waals surface area (Å²) < 4.78 is 5.15. The molecule has 2 heterocycles. The Kier molecular flexibility index (Phi) is 5.46. The summed E-state index contributed by atoms with van der Waals surface area (Å²) in [5, 5.41) is 3.37. The van der Waals surface area contributed by atoms with Gasteiger partial charge in [-0.25, -0.2) is 4.98 Å². The fraction of sp³-hybridized carbons (Fsp3) is 0.200. The van der Waals surface area contributed by atoms with Crippen LogP contribution in [0.5, 0.6) is 0 Å². The standard InChI is InChI=1S/C20H20N2O2S/c1-14(2)16-7-5-15(6-8-16)12-18-13-21-20(25-18)22-19(23)10-9-17-4-3-11-24-17/h3-11,13-14H,12H2,1-2H3,(H,21,22,23)/b10-9+. The van der Waals surface area contributed by atoms with E-state index in [9.17, 15) is 4.79 Å². The van der Waals surface area contributed by atoms with Crippen LogP contribution in [0.4, 0.5) is 5.13 Å². The molecular weight excluding hydrogens is 332 g/mol. The molecule has 0 bridgehead atoms. The molecule has 0 saturated heterocycles. The van der Waals surface area contributed by atoms with E-state index >= 15 is 0 Å². The zero-order chi connectivity index (χ0) is 17.6. The van der Waals surface area contributed by atoms with Crippen molar-refractivity contribution in [3.05, 3.63) is 76.7 Å². The van der Waals surface area contributed by atoms with Crippen molar-refractivity contribution in [2.24, 2.45) is 0 Å². The SMILES string of the molecule is CC(C)c1ccc(Cc2cnc(NC(=O)/C=C/c3ccco3)s2)cc1. The molecule has 3 aromatic rings. The zero-order valence-electron chi connectivity index (χ0n) is 14.2. The smallest absolute Gasteiger partial charge is 0.250 e. The minimum Gasteiger partial charge on any atom is -0.465 e. The number of furan rings is 1. The number of carbonyl (C=O) groups is 1. The highest BCUT2D eigenvalue weighted by Crippen LogP contribution is 2.22. The number of anilines is 1. The molecule has 5 heteroatoms. The highest BCUT2D eigenvalue weighted by atomic mass is 32.1. The Morgan fingerprint density at radius 3 is 2.76 bits per heavy atom. The van der Waals surface area contributed by atoms with Gasteiger partial charge >= 0.3 is 0 Å². The van der Waals surface area contributed by atoms with Crippen LogP contribution in [0.15, 0.2) is 59.4 Å². The maximum atomic E-state index is 11.9. The summed E-state index contributed by atoms with van der Waals surface area (Å²) in [5.41, 5.74) is 2.58. The first-order valence-electron chi connectivity index (χ1n) is 8.16. The minimum atomic E-state index is -0.224. The van der Waals surface area contributed by atoms with Gasteiger partial charge in [-0.15, -0.1) is 11.3 Å². The molecule has 2 aromatic heterocycles. The van der Waals surface area contributed by atoms with Crippen LogP contribution in [0.2, 0.25) is 0 Å². The van der Waals surface area contributed by atoms with Crippen LogP contribution >= 0.6 is 11.3 Å². The van der Waals surface area contributed by atoms with Crippen LogP contribution in [0, 0.1) is 0 Å². The fourth-order valence-corrected chi connectivity index (χ4v) is 3.21. The van der Waals surface area contributed by atoms with Crippen LogP contribution in [-0.2, 0) is 11.2 Å². The van der Waals surface area contributed by atoms with Gasteiger partial charge in [0.1, 0.15) is 5.76 Å². The predicted molar refractivity (Wildman–Crippen MR) is 102 cm³/mol. The summed E-state index contributed by atoms with van der Waals surface area (Å²) in [6, 6.07) is 12.2. The number of hydrogen-bond acceptors (Lipinski definition) is 4. The number of hydrogen-bond donors (Lipinski definition) is 1. The van der Waals surface area contributed by atoms with Crippen LogP contribution < -0.4 is 5.32 Å². The van der Waals surface area contributed by atoms with E-state index in [0.717, 1.165) is 11.3 Å². The molecule has 0 saturated carbocycles. The van der Waals surface area contributed by atoms with E-state index in [0.29, 0.717) is 16.8 Å². The third-order valence-corrected chi connectivity index (χ3v) is 4.66. The largest absolute Gasteiger partial charge is 0.465 e. The summed E-state index contributed by atoms with van der Waals surface area (Å²) in [5.74, 6) is 0.951. The third-order valence-electron chi connectivity index (χ3n) is 3.75. The van der Waals surface area contributed by atoms with Gasteiger partial charge in [0.2, 0.25) is 5.91 Å². The lowest BCUT2D eigenvalue weighted by Gasteiger charge is -2.06. The Morgan fingerprint density at radius 2 is 2.08 bits per heavy atom. The Hall–Kier alpha value is -2.66. The van der Waals surface area contributed by atoms with Crippen molar-refractivity contribution >= 4 is 28.5 Å². The number of rotatable bonds is 6. The van der Waals surface area contributed by atoms with Crippen molar-refractivity contribution in [2.45, 2.75) is 26.2 Å². The summed E-state index contributed by atoms with van der Waals surface area (Å²) >= 11 is 1.49. The molecule has 0 aliphatic carbocycles. The first-order chi connectivity index (χ1) is 12.1. The number of benzene rings is 1. The van der Waals surface area contributed by atoms with E-state index in [1.165, 1.54) is 28.5 Å². The molecule has 0 spiro atoms. The number of amides is 1. The summed E-state index contributed by atoms with van der Waals surface area (Å²) in [6.07, 6.45) is 7.25. The molecule has 0 fully saturated rings. The van der Waals surface area contributed by atoms with Gasteiger partial charge < -0.3 is 4.42 Å². The number of carbonyl (C=O) groups excluding carboxylic acids is 1. The van der Waals surface area contributed by atoms with Crippen molar-refractivity contribution in [1.82, 2.24) is 4.98 Å². The molecule has 4 nitrogen and oxygen atoms in total. The van der Waals surface area contributed by atoms with E-state index in [-0.39, 0.29) is 5.91 Å². The molecule has 128 valence electrons. The van der Waals surface area contributed by atoms with Gasteiger partial charge in [0.15, 0.2) is 5.13 Å². The highest BCUT2D eigenvalue weighted by molar-refractivity contribution is 7.15. The quantitative estimate of drug-likeness (QED) is 0.628. The van der Waals surface area contributed by atoms with Gasteiger partial charge in [-0.2, -0.15) is 0 Å². The van der Waals surface area contributed by atoms with Crippen molar-refractivity contribution < 1.29 is 9.21 Å². The predicted octanol–water partition coefficient (Wildman–Crippen LogP) is 5.10. The van der Waals surface area contributed by atoms with Gasteiger partial charge in [-0.3, -0.25) is 10.1 Å². The van der Waals surface area contributed by atoms with Crippen LogP contribution in [0.3, 0.4) is 0 Å². The van der Waals surface area contributed by atoms with Crippen molar-refractivity contribution in [3.8, 4) is 0 Å². The number of thiazole rings is 1. The topological polar surface area (TPSA) is 55.1 Å². The van der Waals surface area contributed by atoms with E-state index in [4.69, 9.17) is 4.42 Å². The first kappa shape index (κ1) is 17.2. The molecule has 1 aromatic carbocycles. The minimum absolute atomic E-state index is 0.224. The average Bonchev–Trinajstić information content (AvgIpc) is 3.25. The highest BCUT2D eigenvalue weighted by Gasteiger charge is 2.06. The number of nitrogens with one attached hydrogen (secondary N) is 1. The number of nitrogens with zero attached hydrogens (tertiary/aromatic N) is 1. The van der Waals surface area contributed by atoms with Gasteiger partial charge in [-0.1, -0.05) is 38.1 Å². The van der Waals surface area contributed by atoms with E-state index in [2.05, 4.69) is 48.4 Å². The molecule has 3 rings (SSSR count). The van der Waals surface area contributed by atoms with E-state index in [1.54, 1.807) is 24.5 Å². The molecule has 0 atom stereocenters. The van der Waals surface area contributed by atoms with Crippen molar-refractivity contribution in [3.63, 3.8) is 0 Å². The monoisotopic (exact) mass is 352 g/mol. The first-order valence-corrected chi connectivity index (χ1v) is 8.98.